The van der Waals surface area contributed by atoms with Gasteiger partial charge in [0.1, 0.15) is 5.60 Å². The lowest BCUT2D eigenvalue weighted by atomic mass is 9.76. The molecule has 1 saturated carbocycles. The van der Waals surface area contributed by atoms with Crippen LogP contribution in [0, 0.1) is 0 Å². The highest BCUT2D eigenvalue weighted by Gasteiger charge is 2.39. The second kappa shape index (κ2) is 7.10. The van der Waals surface area contributed by atoms with Gasteiger partial charge < -0.3 is 15.4 Å². The number of halogens is 1. The zero-order valence-corrected chi connectivity index (χ0v) is 15.2. The van der Waals surface area contributed by atoms with E-state index in [2.05, 4.69) is 17.6 Å². The third-order valence-electron chi connectivity index (χ3n) is 4.19. The van der Waals surface area contributed by atoms with E-state index in [0.29, 0.717) is 0 Å². The quantitative estimate of drug-likeness (QED) is 0.834. The van der Waals surface area contributed by atoms with Gasteiger partial charge in [-0.15, -0.1) is 0 Å². The molecule has 0 aliphatic heterocycles. The second-order valence-corrected chi connectivity index (χ2v) is 7.85. The summed E-state index contributed by atoms with van der Waals surface area (Å²) in [6.45, 7) is 8.47. The standard InChI is InChI=1S/C18H27ClN2O2/c1-13(14-6-8-15(19)9-7-14)20-12-18(10-5-11-18)21-16(22)23-17(2,3)4/h6-9,13,20H,5,10-12H2,1-4H3,(H,21,22). The number of alkyl carbamates (subject to hydrolysis) is 1. The predicted octanol–water partition coefficient (Wildman–Crippen LogP) is 4.44. The third kappa shape index (κ3) is 5.40. The molecule has 1 atom stereocenters. The van der Waals surface area contributed by atoms with Crippen LogP contribution in [0.3, 0.4) is 0 Å². The lowest BCUT2D eigenvalue weighted by molar-refractivity contribution is 0.0379. The first kappa shape index (κ1) is 18.1. The Hall–Kier alpha value is -1.26. The Morgan fingerprint density at radius 1 is 1.30 bits per heavy atom. The van der Waals surface area contributed by atoms with Gasteiger partial charge in [-0.25, -0.2) is 4.79 Å². The summed E-state index contributed by atoms with van der Waals surface area (Å²) in [6, 6.07) is 8.04. The van der Waals surface area contributed by atoms with Gasteiger partial charge in [-0.2, -0.15) is 0 Å². The molecular formula is C18H27ClN2O2. The summed E-state index contributed by atoms with van der Waals surface area (Å²) in [6.07, 6.45) is 2.75. The number of benzene rings is 1. The van der Waals surface area contributed by atoms with Gasteiger partial charge in [-0.1, -0.05) is 23.7 Å². The summed E-state index contributed by atoms with van der Waals surface area (Å²) in [4.78, 5) is 12.0. The van der Waals surface area contributed by atoms with Gasteiger partial charge in [-0.3, -0.25) is 0 Å². The van der Waals surface area contributed by atoms with Gasteiger partial charge in [-0.05, 0) is 64.7 Å². The van der Waals surface area contributed by atoms with Crippen molar-refractivity contribution in [1.82, 2.24) is 10.6 Å². The Kier molecular flexibility index (Phi) is 5.58. The average molecular weight is 339 g/mol. The number of carbonyl (C=O) groups is 1. The molecule has 0 saturated heterocycles. The molecule has 2 rings (SSSR count). The molecule has 4 nitrogen and oxygen atoms in total. The van der Waals surface area contributed by atoms with E-state index in [1.165, 1.54) is 5.56 Å². The molecule has 128 valence electrons. The van der Waals surface area contributed by atoms with E-state index >= 15 is 0 Å². The van der Waals surface area contributed by atoms with Crippen LogP contribution in [0.2, 0.25) is 5.02 Å². The minimum atomic E-state index is -0.473. The van der Waals surface area contributed by atoms with Gasteiger partial charge in [0.2, 0.25) is 0 Å². The molecule has 1 fully saturated rings. The summed E-state index contributed by atoms with van der Waals surface area (Å²) in [7, 11) is 0. The Morgan fingerprint density at radius 3 is 2.39 bits per heavy atom. The molecule has 0 bridgehead atoms. The van der Waals surface area contributed by atoms with Crippen LogP contribution in [0.5, 0.6) is 0 Å². The van der Waals surface area contributed by atoms with E-state index in [-0.39, 0.29) is 17.7 Å². The summed E-state index contributed by atoms with van der Waals surface area (Å²) in [5.74, 6) is 0. The number of rotatable bonds is 5. The Labute approximate surface area is 143 Å². The molecule has 0 heterocycles. The van der Waals surface area contributed by atoms with E-state index in [1.54, 1.807) is 0 Å². The molecule has 1 aliphatic rings. The maximum absolute atomic E-state index is 12.0. The van der Waals surface area contributed by atoms with Gasteiger partial charge in [0.15, 0.2) is 0 Å². The number of hydrogen-bond acceptors (Lipinski definition) is 3. The van der Waals surface area contributed by atoms with E-state index < -0.39 is 5.60 Å². The van der Waals surface area contributed by atoms with Crippen LogP contribution >= 0.6 is 11.6 Å². The molecule has 0 spiro atoms. The molecule has 23 heavy (non-hydrogen) atoms. The molecule has 1 aromatic carbocycles. The van der Waals surface area contributed by atoms with E-state index in [1.807, 2.05) is 45.0 Å². The van der Waals surface area contributed by atoms with Crippen molar-refractivity contribution in [2.24, 2.45) is 0 Å². The fourth-order valence-electron chi connectivity index (χ4n) is 2.69. The minimum Gasteiger partial charge on any atom is -0.444 e. The fraction of sp³-hybridized carbons (Fsp3) is 0.611. The lowest BCUT2D eigenvalue weighted by Gasteiger charge is -2.43. The van der Waals surface area contributed by atoms with Gasteiger partial charge in [0.05, 0.1) is 5.54 Å². The van der Waals surface area contributed by atoms with Crippen molar-refractivity contribution in [1.29, 1.82) is 0 Å². The highest BCUT2D eigenvalue weighted by atomic mass is 35.5. The van der Waals surface area contributed by atoms with Crippen molar-refractivity contribution < 1.29 is 9.53 Å². The van der Waals surface area contributed by atoms with Crippen LogP contribution in [0.15, 0.2) is 24.3 Å². The fourth-order valence-corrected chi connectivity index (χ4v) is 2.81. The Morgan fingerprint density at radius 2 is 1.91 bits per heavy atom. The van der Waals surface area contributed by atoms with E-state index in [4.69, 9.17) is 16.3 Å². The van der Waals surface area contributed by atoms with Crippen LogP contribution in [-0.4, -0.2) is 23.8 Å². The van der Waals surface area contributed by atoms with Crippen molar-refractivity contribution in [3.63, 3.8) is 0 Å². The average Bonchev–Trinajstić information content (AvgIpc) is 2.40. The van der Waals surface area contributed by atoms with Crippen LogP contribution in [0.1, 0.15) is 58.6 Å². The largest absolute Gasteiger partial charge is 0.444 e. The van der Waals surface area contributed by atoms with Crippen molar-refractivity contribution in [2.45, 2.75) is 64.1 Å². The zero-order valence-electron chi connectivity index (χ0n) is 14.4. The summed E-state index contributed by atoms with van der Waals surface area (Å²) >= 11 is 5.93. The number of ether oxygens (including phenoxy) is 1. The summed E-state index contributed by atoms with van der Waals surface area (Å²) in [5, 5.41) is 7.31. The highest BCUT2D eigenvalue weighted by Crippen LogP contribution is 2.32. The number of carbonyl (C=O) groups excluding carboxylic acids is 1. The molecule has 1 unspecified atom stereocenters. The van der Waals surface area contributed by atoms with Crippen molar-refractivity contribution in [3.8, 4) is 0 Å². The molecule has 1 amide bonds. The Balaban J connectivity index is 1.89. The van der Waals surface area contributed by atoms with Gasteiger partial charge in [0, 0.05) is 17.6 Å². The number of amides is 1. The van der Waals surface area contributed by atoms with Crippen molar-refractivity contribution in [2.75, 3.05) is 6.54 Å². The number of hydrogen-bond donors (Lipinski definition) is 2. The van der Waals surface area contributed by atoms with Crippen LogP contribution < -0.4 is 10.6 Å². The monoisotopic (exact) mass is 338 g/mol. The summed E-state index contributed by atoms with van der Waals surface area (Å²) in [5.41, 5.74) is 0.517. The summed E-state index contributed by atoms with van der Waals surface area (Å²) < 4.78 is 5.38. The topological polar surface area (TPSA) is 50.4 Å². The minimum absolute atomic E-state index is 0.191. The van der Waals surface area contributed by atoms with Gasteiger partial charge in [0.25, 0.3) is 0 Å². The lowest BCUT2D eigenvalue weighted by Crippen LogP contribution is -2.60. The normalized spacial score (nSPS) is 18.0. The molecule has 1 aliphatic carbocycles. The zero-order chi connectivity index (χ0) is 17.1. The molecule has 1 aromatic rings. The second-order valence-electron chi connectivity index (χ2n) is 7.41. The third-order valence-corrected chi connectivity index (χ3v) is 4.45. The SMILES string of the molecule is CC(NCC1(NC(=O)OC(C)(C)C)CCC1)c1ccc(Cl)cc1. The van der Waals surface area contributed by atoms with Crippen molar-refractivity contribution in [3.05, 3.63) is 34.9 Å². The van der Waals surface area contributed by atoms with Crippen LogP contribution in [0.25, 0.3) is 0 Å². The van der Waals surface area contributed by atoms with Crippen molar-refractivity contribution >= 4 is 17.7 Å². The molecule has 2 N–H and O–H groups in total. The van der Waals surface area contributed by atoms with Gasteiger partial charge >= 0.3 is 6.09 Å². The maximum atomic E-state index is 12.0. The molecule has 0 aromatic heterocycles. The first-order valence-corrected chi connectivity index (χ1v) is 8.57. The van der Waals surface area contributed by atoms with E-state index in [0.717, 1.165) is 30.8 Å². The Bertz CT molecular complexity index is 533. The molecule has 0 radical (unpaired) electrons. The first-order valence-electron chi connectivity index (χ1n) is 8.19. The number of nitrogens with one attached hydrogen (secondary N) is 2. The highest BCUT2D eigenvalue weighted by molar-refractivity contribution is 6.30. The first-order chi connectivity index (χ1) is 10.7. The van der Waals surface area contributed by atoms with E-state index in [9.17, 15) is 4.79 Å². The van der Waals surface area contributed by atoms with Crippen LogP contribution in [0.4, 0.5) is 4.79 Å². The smallest absolute Gasteiger partial charge is 0.408 e. The maximum Gasteiger partial charge on any atom is 0.408 e. The predicted molar refractivity (Wildman–Crippen MR) is 93.8 cm³/mol. The van der Waals surface area contributed by atoms with Crippen LogP contribution in [-0.2, 0) is 4.74 Å². The molecular weight excluding hydrogens is 312 g/mol. The molecule has 5 heteroatoms.